The number of carbonyl (C=O) groups is 2. The molecule has 0 aliphatic carbocycles. The number of benzene rings is 2. The number of nitro benzene ring substituents is 1. The Morgan fingerprint density at radius 1 is 1.07 bits per heavy atom. The second-order valence-corrected chi connectivity index (χ2v) is 6.74. The highest BCUT2D eigenvalue weighted by molar-refractivity contribution is 6.07. The first-order valence-corrected chi connectivity index (χ1v) is 8.89. The smallest absolute Gasteiger partial charge is 0.338 e. The summed E-state index contributed by atoms with van der Waals surface area (Å²) in [5.74, 6) is -1.50. The number of ether oxygens (including phenoxy) is 2. The van der Waals surface area contributed by atoms with Crippen molar-refractivity contribution in [2.24, 2.45) is 0 Å². The summed E-state index contributed by atoms with van der Waals surface area (Å²) in [4.78, 5) is 34.7. The highest BCUT2D eigenvalue weighted by Crippen LogP contribution is 2.30. The van der Waals surface area contributed by atoms with Crippen LogP contribution in [-0.2, 0) is 4.74 Å². The number of hydrogen-bond donors (Lipinski definition) is 2. The molecule has 2 aromatic rings. The van der Waals surface area contributed by atoms with E-state index in [1.165, 1.54) is 18.2 Å². The summed E-state index contributed by atoms with van der Waals surface area (Å²) >= 11 is 0. The first-order chi connectivity index (χ1) is 13.6. The van der Waals surface area contributed by atoms with Crippen LogP contribution in [0.25, 0.3) is 0 Å². The summed E-state index contributed by atoms with van der Waals surface area (Å²) < 4.78 is 10.8. The van der Waals surface area contributed by atoms with Gasteiger partial charge in [0.15, 0.2) is 0 Å². The Morgan fingerprint density at radius 2 is 1.76 bits per heavy atom. The molecule has 0 atom stereocenters. The van der Waals surface area contributed by atoms with Gasteiger partial charge in [-0.2, -0.15) is 0 Å². The maximum absolute atomic E-state index is 12.5. The number of phenolic OH excluding ortho intramolecular Hbond substituents is 1. The van der Waals surface area contributed by atoms with E-state index in [0.29, 0.717) is 0 Å². The van der Waals surface area contributed by atoms with E-state index in [2.05, 4.69) is 5.32 Å². The summed E-state index contributed by atoms with van der Waals surface area (Å²) in [6.45, 7) is 7.03. The first kappa shape index (κ1) is 21.7. The number of esters is 1. The van der Waals surface area contributed by atoms with E-state index in [9.17, 15) is 24.8 Å². The Labute approximate surface area is 167 Å². The van der Waals surface area contributed by atoms with Crippen molar-refractivity contribution < 1.29 is 29.1 Å². The third-order valence-corrected chi connectivity index (χ3v) is 3.61. The molecule has 0 saturated carbocycles. The topological polar surface area (TPSA) is 128 Å². The summed E-state index contributed by atoms with van der Waals surface area (Å²) in [5.41, 5.74) is 0.0402. The van der Waals surface area contributed by atoms with Crippen molar-refractivity contribution in [3.63, 3.8) is 0 Å². The predicted molar refractivity (Wildman–Crippen MR) is 105 cm³/mol. The van der Waals surface area contributed by atoms with Gasteiger partial charge in [0, 0.05) is 6.07 Å². The van der Waals surface area contributed by atoms with Crippen LogP contribution in [0.15, 0.2) is 36.4 Å². The van der Waals surface area contributed by atoms with Crippen molar-refractivity contribution >= 4 is 23.3 Å². The number of nitro groups is 1. The second kappa shape index (κ2) is 9.05. The molecule has 2 N–H and O–H groups in total. The van der Waals surface area contributed by atoms with E-state index >= 15 is 0 Å². The molecular formula is C20H22N2O7. The van der Waals surface area contributed by atoms with E-state index in [0.717, 1.165) is 18.2 Å². The molecule has 2 aromatic carbocycles. The van der Waals surface area contributed by atoms with Gasteiger partial charge in [-0.05, 0) is 52.0 Å². The lowest BCUT2D eigenvalue weighted by Gasteiger charge is -2.17. The molecule has 0 unspecified atom stereocenters. The van der Waals surface area contributed by atoms with Gasteiger partial charge in [0.2, 0.25) is 0 Å². The van der Waals surface area contributed by atoms with Crippen molar-refractivity contribution in [3.8, 4) is 11.5 Å². The Hall–Kier alpha value is -3.62. The minimum Gasteiger partial charge on any atom is -0.507 e. The number of carbonyl (C=O) groups excluding carboxylic acids is 2. The van der Waals surface area contributed by atoms with E-state index in [1.54, 1.807) is 27.7 Å². The van der Waals surface area contributed by atoms with Crippen LogP contribution in [0.4, 0.5) is 11.4 Å². The number of hydrogen-bond acceptors (Lipinski definition) is 7. The molecule has 0 spiro atoms. The number of phenols is 1. The van der Waals surface area contributed by atoms with Crippen LogP contribution >= 0.6 is 0 Å². The fourth-order valence-electron chi connectivity index (χ4n) is 2.40. The maximum Gasteiger partial charge on any atom is 0.338 e. The van der Waals surface area contributed by atoms with Gasteiger partial charge in [0.25, 0.3) is 11.6 Å². The van der Waals surface area contributed by atoms with Gasteiger partial charge in [0.1, 0.15) is 11.5 Å². The zero-order chi connectivity index (χ0) is 21.7. The minimum atomic E-state index is -0.691. The van der Waals surface area contributed by atoms with Gasteiger partial charge in [-0.15, -0.1) is 0 Å². The number of aromatic hydroxyl groups is 1. The standard InChI is InChI=1S/C20H22N2O7/c1-11(2)28-18-9-13(20(25)29-12(3)4)5-8-16(18)21-19(24)15-7-6-14(22(26)27)10-17(15)23/h5-12,23H,1-4H3,(H,21,24). The average Bonchev–Trinajstić information content (AvgIpc) is 2.61. The molecule has 2 rings (SSSR count). The number of rotatable bonds is 7. The zero-order valence-corrected chi connectivity index (χ0v) is 16.5. The van der Waals surface area contributed by atoms with E-state index < -0.39 is 22.5 Å². The molecule has 0 radical (unpaired) electrons. The Balaban J connectivity index is 2.32. The normalized spacial score (nSPS) is 10.7. The number of non-ortho nitro benzene ring substituents is 1. The van der Waals surface area contributed by atoms with Gasteiger partial charge in [0.05, 0.1) is 40.0 Å². The second-order valence-electron chi connectivity index (χ2n) is 6.74. The quantitative estimate of drug-likeness (QED) is 0.408. The highest BCUT2D eigenvalue weighted by atomic mass is 16.6. The van der Waals surface area contributed by atoms with Crippen molar-refractivity contribution in [2.45, 2.75) is 39.9 Å². The van der Waals surface area contributed by atoms with Gasteiger partial charge in [-0.1, -0.05) is 0 Å². The lowest BCUT2D eigenvalue weighted by molar-refractivity contribution is -0.384. The Kier molecular flexibility index (Phi) is 6.76. The number of nitrogens with zero attached hydrogens (tertiary/aromatic N) is 1. The first-order valence-electron chi connectivity index (χ1n) is 8.89. The molecule has 9 nitrogen and oxygen atoms in total. The van der Waals surface area contributed by atoms with E-state index in [-0.39, 0.29) is 40.5 Å². The Morgan fingerprint density at radius 3 is 2.31 bits per heavy atom. The van der Waals surface area contributed by atoms with Crippen LogP contribution < -0.4 is 10.1 Å². The fraction of sp³-hybridized carbons (Fsp3) is 0.300. The van der Waals surface area contributed by atoms with Crippen LogP contribution in [-0.4, -0.2) is 34.1 Å². The van der Waals surface area contributed by atoms with Crippen molar-refractivity contribution in [1.29, 1.82) is 0 Å². The third-order valence-electron chi connectivity index (χ3n) is 3.61. The van der Waals surface area contributed by atoms with Crippen molar-refractivity contribution in [2.75, 3.05) is 5.32 Å². The van der Waals surface area contributed by atoms with Gasteiger partial charge in [-0.3, -0.25) is 14.9 Å². The lowest BCUT2D eigenvalue weighted by Crippen LogP contribution is -2.16. The van der Waals surface area contributed by atoms with Crippen LogP contribution in [0.1, 0.15) is 48.4 Å². The molecule has 0 bridgehead atoms. The van der Waals surface area contributed by atoms with Gasteiger partial charge >= 0.3 is 5.97 Å². The molecule has 0 aliphatic rings. The molecule has 29 heavy (non-hydrogen) atoms. The summed E-state index contributed by atoms with van der Waals surface area (Å²) in [7, 11) is 0. The zero-order valence-electron chi connectivity index (χ0n) is 16.5. The largest absolute Gasteiger partial charge is 0.507 e. The van der Waals surface area contributed by atoms with Crippen molar-refractivity contribution in [3.05, 3.63) is 57.6 Å². The highest BCUT2D eigenvalue weighted by Gasteiger charge is 2.19. The Bertz CT molecular complexity index is 938. The van der Waals surface area contributed by atoms with E-state index in [4.69, 9.17) is 9.47 Å². The fourth-order valence-corrected chi connectivity index (χ4v) is 2.40. The van der Waals surface area contributed by atoms with Crippen LogP contribution in [0.3, 0.4) is 0 Å². The molecule has 0 fully saturated rings. The lowest BCUT2D eigenvalue weighted by atomic mass is 10.1. The number of amides is 1. The molecule has 0 aliphatic heterocycles. The third kappa shape index (κ3) is 5.68. The molecule has 0 aromatic heterocycles. The molecule has 9 heteroatoms. The van der Waals surface area contributed by atoms with Crippen molar-refractivity contribution in [1.82, 2.24) is 0 Å². The molecular weight excluding hydrogens is 380 g/mol. The molecule has 0 heterocycles. The summed E-state index contributed by atoms with van der Waals surface area (Å²) in [6, 6.07) is 7.57. The SMILES string of the molecule is CC(C)OC(=O)c1ccc(NC(=O)c2ccc([N+](=O)[O-])cc2O)c(OC(C)C)c1. The van der Waals surface area contributed by atoms with Crippen LogP contribution in [0.5, 0.6) is 11.5 Å². The molecule has 0 saturated heterocycles. The van der Waals surface area contributed by atoms with Gasteiger partial charge < -0.3 is 19.9 Å². The maximum atomic E-state index is 12.5. The average molecular weight is 402 g/mol. The van der Waals surface area contributed by atoms with Crippen LogP contribution in [0, 0.1) is 10.1 Å². The number of nitrogens with one attached hydrogen (secondary N) is 1. The molecule has 154 valence electrons. The predicted octanol–water partition coefficient (Wildman–Crippen LogP) is 3.91. The summed E-state index contributed by atoms with van der Waals surface area (Å²) in [6.07, 6.45) is -0.531. The number of anilines is 1. The monoisotopic (exact) mass is 402 g/mol. The van der Waals surface area contributed by atoms with Crippen LogP contribution in [0.2, 0.25) is 0 Å². The van der Waals surface area contributed by atoms with Gasteiger partial charge in [-0.25, -0.2) is 4.79 Å². The van der Waals surface area contributed by atoms with E-state index in [1.807, 2.05) is 0 Å². The molecule has 1 amide bonds. The summed E-state index contributed by atoms with van der Waals surface area (Å²) in [5, 5.41) is 23.3. The minimum absolute atomic E-state index is 0.144.